The number of nitrogens with two attached hydrogens (primary N) is 1. The molecule has 2 N–H and O–H groups in total. The highest BCUT2D eigenvalue weighted by molar-refractivity contribution is 5.89. The molecule has 0 heterocycles. The minimum absolute atomic E-state index is 0.00446. The maximum absolute atomic E-state index is 12.7. The molecule has 198 valence electrons. The highest BCUT2D eigenvalue weighted by Gasteiger charge is 2.54. The molecule has 8 atom stereocenters. The van der Waals surface area contributed by atoms with Gasteiger partial charge in [-0.2, -0.15) is 0 Å². The molecule has 1 aromatic carbocycles. The van der Waals surface area contributed by atoms with Crippen LogP contribution in [-0.2, 0) is 4.74 Å². The van der Waals surface area contributed by atoms with Crippen molar-refractivity contribution in [2.24, 2.45) is 46.8 Å². The topological polar surface area (TPSA) is 52.3 Å². The molecule has 0 saturated heterocycles. The fourth-order valence-corrected chi connectivity index (χ4v) is 9.03. The SMILES string of the molecule is CC(C)CCC[C@@H](C)[C@@H]1CC[C@H]2[C@@H]1CC[C@@H]1[C@H]2CC=C2C[C@@H](OC(=O)c3ccc(N)cc3)CC[C@@]21C. The fourth-order valence-electron chi connectivity index (χ4n) is 9.03. The molecular formula is C33H49NO2. The van der Waals surface area contributed by atoms with Crippen LogP contribution in [0.3, 0.4) is 0 Å². The number of benzene rings is 1. The Bertz CT molecular complexity index is 949. The lowest BCUT2D eigenvalue weighted by Gasteiger charge is -2.55. The number of anilines is 1. The lowest BCUT2D eigenvalue weighted by Crippen LogP contribution is -2.48. The third-order valence-corrected chi connectivity index (χ3v) is 11.0. The highest BCUT2D eigenvalue weighted by atomic mass is 16.5. The van der Waals surface area contributed by atoms with Crippen LogP contribution in [0.25, 0.3) is 0 Å². The van der Waals surface area contributed by atoms with Gasteiger partial charge in [0.1, 0.15) is 6.10 Å². The Balaban J connectivity index is 1.22. The van der Waals surface area contributed by atoms with Crippen LogP contribution in [-0.4, -0.2) is 12.1 Å². The van der Waals surface area contributed by atoms with Gasteiger partial charge in [0.2, 0.25) is 0 Å². The lowest BCUT2D eigenvalue weighted by molar-refractivity contribution is -0.0240. The molecule has 0 unspecified atom stereocenters. The zero-order chi connectivity index (χ0) is 25.4. The number of hydrogen-bond acceptors (Lipinski definition) is 3. The number of allylic oxidation sites excluding steroid dienone is 1. The van der Waals surface area contributed by atoms with E-state index in [1.165, 1.54) is 51.4 Å². The predicted octanol–water partition coefficient (Wildman–Crippen LogP) is 8.45. The number of rotatable bonds is 7. The maximum Gasteiger partial charge on any atom is 0.338 e. The monoisotopic (exact) mass is 491 g/mol. The van der Waals surface area contributed by atoms with E-state index < -0.39 is 0 Å². The fraction of sp³-hybridized carbons (Fsp3) is 0.727. The second-order valence-electron chi connectivity index (χ2n) is 13.5. The first-order chi connectivity index (χ1) is 17.3. The van der Waals surface area contributed by atoms with Crippen molar-refractivity contribution < 1.29 is 9.53 Å². The number of carbonyl (C=O) groups is 1. The number of carbonyl (C=O) groups excluding carboxylic acids is 1. The van der Waals surface area contributed by atoms with Gasteiger partial charge in [0.05, 0.1) is 5.56 Å². The summed E-state index contributed by atoms with van der Waals surface area (Å²) in [6, 6.07) is 7.09. The summed E-state index contributed by atoms with van der Waals surface area (Å²) in [7, 11) is 0. The molecule has 3 nitrogen and oxygen atoms in total. The van der Waals surface area contributed by atoms with Crippen LogP contribution in [0.15, 0.2) is 35.9 Å². The summed E-state index contributed by atoms with van der Waals surface area (Å²) in [6.45, 7) is 9.84. The Morgan fingerprint density at radius 3 is 2.50 bits per heavy atom. The highest BCUT2D eigenvalue weighted by Crippen LogP contribution is 2.63. The molecule has 3 fully saturated rings. The first kappa shape index (κ1) is 25.9. The molecule has 0 amide bonds. The van der Waals surface area contributed by atoms with Crippen molar-refractivity contribution in [3.63, 3.8) is 0 Å². The zero-order valence-corrected chi connectivity index (χ0v) is 23.2. The lowest BCUT2D eigenvalue weighted by atomic mass is 9.50. The van der Waals surface area contributed by atoms with Crippen LogP contribution in [0, 0.1) is 46.8 Å². The summed E-state index contributed by atoms with van der Waals surface area (Å²) in [6.07, 6.45) is 16.9. The van der Waals surface area contributed by atoms with Crippen LogP contribution < -0.4 is 5.73 Å². The van der Waals surface area contributed by atoms with Gasteiger partial charge in [-0.3, -0.25) is 0 Å². The maximum atomic E-state index is 12.7. The smallest absolute Gasteiger partial charge is 0.338 e. The van der Waals surface area contributed by atoms with Crippen molar-refractivity contribution in [3.8, 4) is 0 Å². The summed E-state index contributed by atoms with van der Waals surface area (Å²) >= 11 is 0. The molecule has 1 aromatic rings. The van der Waals surface area contributed by atoms with Crippen LogP contribution in [0.4, 0.5) is 5.69 Å². The summed E-state index contributed by atoms with van der Waals surface area (Å²) in [5.41, 5.74) is 8.94. The predicted molar refractivity (Wildman–Crippen MR) is 148 cm³/mol. The van der Waals surface area contributed by atoms with Crippen molar-refractivity contribution in [1.29, 1.82) is 0 Å². The van der Waals surface area contributed by atoms with E-state index >= 15 is 0 Å². The van der Waals surface area contributed by atoms with Gasteiger partial charge in [0.25, 0.3) is 0 Å². The molecule has 5 rings (SSSR count). The second kappa shape index (κ2) is 10.5. The van der Waals surface area contributed by atoms with Crippen molar-refractivity contribution >= 4 is 11.7 Å². The van der Waals surface area contributed by atoms with Crippen LogP contribution >= 0.6 is 0 Å². The van der Waals surface area contributed by atoms with Crippen LogP contribution in [0.2, 0.25) is 0 Å². The molecule has 3 heteroatoms. The average Bonchev–Trinajstić information content (AvgIpc) is 3.29. The summed E-state index contributed by atoms with van der Waals surface area (Å²) in [4.78, 5) is 12.7. The minimum Gasteiger partial charge on any atom is -0.458 e. The molecule has 0 spiro atoms. The van der Waals surface area contributed by atoms with Crippen LogP contribution in [0.5, 0.6) is 0 Å². The number of fused-ring (bicyclic) bond motifs is 5. The quantitative estimate of drug-likeness (QED) is 0.236. The van der Waals surface area contributed by atoms with E-state index in [1.807, 2.05) is 0 Å². The third kappa shape index (κ3) is 5.01. The van der Waals surface area contributed by atoms with Gasteiger partial charge in [-0.25, -0.2) is 4.79 Å². The molecule has 0 aliphatic heterocycles. The normalized spacial score (nSPS) is 36.4. The van der Waals surface area contributed by atoms with Gasteiger partial charge in [-0.1, -0.05) is 58.6 Å². The molecule has 0 radical (unpaired) electrons. The first-order valence-corrected chi connectivity index (χ1v) is 15.0. The van der Waals surface area contributed by atoms with Gasteiger partial charge in [0, 0.05) is 12.1 Å². The number of esters is 1. The molecule has 0 aromatic heterocycles. The van der Waals surface area contributed by atoms with Crippen LogP contribution in [0.1, 0.15) is 109 Å². The van der Waals surface area contributed by atoms with E-state index in [0.717, 1.165) is 60.7 Å². The molecule has 4 aliphatic rings. The van der Waals surface area contributed by atoms with E-state index in [2.05, 4.69) is 33.8 Å². The summed E-state index contributed by atoms with van der Waals surface area (Å²) in [5.74, 6) is 6.09. The molecule has 4 aliphatic carbocycles. The second-order valence-corrected chi connectivity index (χ2v) is 13.5. The standard InChI is InChI=1S/C33H49NO2/c1-21(2)6-5-7-22(3)27-14-15-29-28(27)16-17-31-30(29)13-10-24-20-26(18-19-33(24,31)4)36-32(35)23-8-11-25(34)12-9-23/h8-12,21-22,26-31H,5-7,13-20,34H2,1-4H3/t22-,26+,27+,28-,29+,30+,31-,33+/m1/s1. The van der Waals surface area contributed by atoms with Gasteiger partial charge in [-0.05, 0) is 116 Å². The van der Waals surface area contributed by atoms with Crippen molar-refractivity contribution in [2.45, 2.75) is 104 Å². The van der Waals surface area contributed by atoms with Crippen molar-refractivity contribution in [3.05, 3.63) is 41.5 Å². The minimum atomic E-state index is -0.210. The number of nitrogen functional groups attached to an aromatic ring is 1. The first-order valence-electron chi connectivity index (χ1n) is 15.0. The summed E-state index contributed by atoms with van der Waals surface area (Å²) in [5, 5.41) is 0. The van der Waals surface area contributed by atoms with E-state index in [0.29, 0.717) is 16.7 Å². The Morgan fingerprint density at radius 1 is 1.00 bits per heavy atom. The zero-order valence-electron chi connectivity index (χ0n) is 23.2. The summed E-state index contributed by atoms with van der Waals surface area (Å²) < 4.78 is 5.98. The molecule has 36 heavy (non-hydrogen) atoms. The van der Waals surface area contributed by atoms with E-state index in [4.69, 9.17) is 10.5 Å². The Labute approximate surface area is 219 Å². The van der Waals surface area contributed by atoms with E-state index in [1.54, 1.807) is 29.8 Å². The van der Waals surface area contributed by atoms with Crippen molar-refractivity contribution in [2.75, 3.05) is 5.73 Å². The van der Waals surface area contributed by atoms with Gasteiger partial charge < -0.3 is 10.5 Å². The third-order valence-electron chi connectivity index (χ3n) is 11.0. The molecule has 3 saturated carbocycles. The largest absolute Gasteiger partial charge is 0.458 e. The van der Waals surface area contributed by atoms with Gasteiger partial charge in [0.15, 0.2) is 0 Å². The Morgan fingerprint density at radius 2 is 1.75 bits per heavy atom. The number of hydrogen-bond donors (Lipinski definition) is 1. The van der Waals surface area contributed by atoms with E-state index in [-0.39, 0.29) is 12.1 Å². The van der Waals surface area contributed by atoms with Crippen molar-refractivity contribution in [1.82, 2.24) is 0 Å². The van der Waals surface area contributed by atoms with Gasteiger partial charge >= 0.3 is 5.97 Å². The van der Waals surface area contributed by atoms with E-state index in [9.17, 15) is 4.79 Å². The van der Waals surface area contributed by atoms with Gasteiger partial charge in [-0.15, -0.1) is 0 Å². The molecular weight excluding hydrogens is 442 g/mol. The number of ether oxygens (including phenoxy) is 1. The Hall–Kier alpha value is -1.77. The Kier molecular flexibility index (Phi) is 7.57. The molecule has 0 bridgehead atoms. The average molecular weight is 492 g/mol.